The van der Waals surface area contributed by atoms with Crippen LogP contribution in [0.1, 0.15) is 47.0 Å². The van der Waals surface area contributed by atoms with Crippen LogP contribution in [0.2, 0.25) is 0 Å². The number of piperidine rings is 1. The Morgan fingerprint density at radius 2 is 1.88 bits per heavy atom. The number of carbonyl (C=O) groups excluding carboxylic acids is 1. The molecule has 0 spiro atoms. The van der Waals surface area contributed by atoms with Gasteiger partial charge in [0.15, 0.2) is 0 Å². The smallest absolute Gasteiger partial charge is 0.307 e. The number of carbonyl (C=O) groups is 1. The maximum absolute atomic E-state index is 11.5. The fourth-order valence-corrected chi connectivity index (χ4v) is 1.90. The van der Waals surface area contributed by atoms with E-state index in [1.54, 1.807) is 0 Å². The molecule has 17 heavy (non-hydrogen) atoms. The molecule has 0 aromatic carbocycles. The van der Waals surface area contributed by atoms with E-state index in [2.05, 4.69) is 4.90 Å². The first kappa shape index (κ1) is 14.5. The molecule has 1 N–H and O–H groups in total. The van der Waals surface area contributed by atoms with Crippen LogP contribution in [0.4, 0.5) is 0 Å². The number of hydrogen-bond acceptors (Lipinski definition) is 4. The molecule has 0 unspecified atom stereocenters. The van der Waals surface area contributed by atoms with E-state index in [0.29, 0.717) is 6.42 Å². The number of rotatable bonds is 3. The number of likely N-dealkylation sites (tertiary alicyclic amines) is 1. The van der Waals surface area contributed by atoms with E-state index in [1.807, 2.05) is 27.7 Å². The van der Waals surface area contributed by atoms with E-state index >= 15 is 0 Å². The zero-order valence-electron chi connectivity index (χ0n) is 11.5. The van der Waals surface area contributed by atoms with Gasteiger partial charge in [0.1, 0.15) is 5.60 Å². The summed E-state index contributed by atoms with van der Waals surface area (Å²) in [4.78, 5) is 13.7. The molecule has 0 saturated carbocycles. The van der Waals surface area contributed by atoms with Crippen molar-refractivity contribution in [1.29, 1.82) is 0 Å². The molecule has 0 bridgehead atoms. The predicted molar refractivity (Wildman–Crippen MR) is 66.8 cm³/mol. The fraction of sp³-hybridized carbons (Fsp3) is 0.923. The molecule has 0 aromatic heterocycles. The molecule has 0 aliphatic carbocycles. The second-order valence-corrected chi connectivity index (χ2v) is 6.18. The van der Waals surface area contributed by atoms with Crippen molar-refractivity contribution >= 4 is 5.97 Å². The van der Waals surface area contributed by atoms with Crippen molar-refractivity contribution in [2.75, 3.05) is 19.6 Å². The largest absolute Gasteiger partial charge is 0.460 e. The lowest BCUT2D eigenvalue weighted by molar-refractivity contribution is -0.155. The average molecular weight is 243 g/mol. The molecule has 0 aromatic rings. The van der Waals surface area contributed by atoms with Gasteiger partial charge < -0.3 is 14.7 Å². The van der Waals surface area contributed by atoms with E-state index in [9.17, 15) is 9.90 Å². The van der Waals surface area contributed by atoms with Gasteiger partial charge in [-0.25, -0.2) is 0 Å². The van der Waals surface area contributed by atoms with Gasteiger partial charge in [-0.1, -0.05) is 0 Å². The Morgan fingerprint density at radius 1 is 1.35 bits per heavy atom. The number of ether oxygens (including phenoxy) is 1. The van der Waals surface area contributed by atoms with Crippen molar-refractivity contribution in [1.82, 2.24) is 4.90 Å². The molecule has 0 radical (unpaired) electrons. The quantitative estimate of drug-likeness (QED) is 0.764. The highest BCUT2D eigenvalue weighted by molar-refractivity contribution is 5.70. The van der Waals surface area contributed by atoms with Crippen molar-refractivity contribution in [3.63, 3.8) is 0 Å². The maximum atomic E-state index is 11.5. The van der Waals surface area contributed by atoms with Gasteiger partial charge >= 0.3 is 5.97 Å². The number of hydrogen-bond donors (Lipinski definition) is 1. The number of aliphatic hydroxyl groups is 1. The van der Waals surface area contributed by atoms with Gasteiger partial charge in [0.2, 0.25) is 0 Å². The van der Waals surface area contributed by atoms with E-state index in [-0.39, 0.29) is 5.97 Å². The molecule has 1 aliphatic rings. The van der Waals surface area contributed by atoms with E-state index in [4.69, 9.17) is 4.74 Å². The molecule has 100 valence electrons. The summed E-state index contributed by atoms with van der Waals surface area (Å²) >= 11 is 0. The summed E-state index contributed by atoms with van der Waals surface area (Å²) in [6, 6.07) is 0. The van der Waals surface area contributed by atoms with Gasteiger partial charge in [0.05, 0.1) is 12.0 Å². The molecular formula is C13H25NO3. The lowest BCUT2D eigenvalue weighted by Gasteiger charge is -2.35. The van der Waals surface area contributed by atoms with Gasteiger partial charge in [0, 0.05) is 19.6 Å². The zero-order valence-corrected chi connectivity index (χ0v) is 11.5. The molecular weight excluding hydrogens is 218 g/mol. The topological polar surface area (TPSA) is 49.8 Å². The van der Waals surface area contributed by atoms with Crippen LogP contribution in [0, 0.1) is 0 Å². The summed E-state index contributed by atoms with van der Waals surface area (Å²) in [5.41, 5.74) is -0.926. The summed E-state index contributed by atoms with van der Waals surface area (Å²) in [6.07, 6.45) is 1.99. The molecule has 1 aliphatic heterocycles. The van der Waals surface area contributed by atoms with Gasteiger partial charge in [0.25, 0.3) is 0 Å². The molecule has 4 nitrogen and oxygen atoms in total. The number of nitrogens with zero attached hydrogens (tertiary/aromatic N) is 1. The summed E-state index contributed by atoms with van der Waals surface area (Å²) in [7, 11) is 0. The van der Waals surface area contributed by atoms with Crippen LogP contribution in [0.25, 0.3) is 0 Å². The standard InChI is InChI=1S/C13H25NO3/c1-12(2,3)17-11(15)5-8-14-9-6-13(4,16)7-10-14/h16H,5-10H2,1-4H3. The molecule has 1 heterocycles. The molecule has 1 fully saturated rings. The first-order valence-corrected chi connectivity index (χ1v) is 6.35. The third-order valence-corrected chi connectivity index (χ3v) is 2.99. The maximum Gasteiger partial charge on any atom is 0.307 e. The van der Waals surface area contributed by atoms with Crippen LogP contribution < -0.4 is 0 Å². The van der Waals surface area contributed by atoms with Crippen molar-refractivity contribution in [2.45, 2.75) is 58.2 Å². The first-order chi connectivity index (χ1) is 7.68. The molecule has 0 amide bonds. The lowest BCUT2D eigenvalue weighted by atomic mass is 9.94. The van der Waals surface area contributed by atoms with Crippen LogP contribution in [-0.2, 0) is 9.53 Å². The van der Waals surface area contributed by atoms with Crippen molar-refractivity contribution < 1.29 is 14.6 Å². The van der Waals surface area contributed by atoms with Crippen molar-refractivity contribution in [3.05, 3.63) is 0 Å². The van der Waals surface area contributed by atoms with Crippen LogP contribution >= 0.6 is 0 Å². The van der Waals surface area contributed by atoms with Crippen LogP contribution in [0.15, 0.2) is 0 Å². The average Bonchev–Trinajstić information content (AvgIpc) is 2.13. The Labute approximate surface area is 104 Å². The lowest BCUT2D eigenvalue weighted by Crippen LogP contribution is -2.43. The van der Waals surface area contributed by atoms with E-state index in [0.717, 1.165) is 32.5 Å². The monoisotopic (exact) mass is 243 g/mol. The highest BCUT2D eigenvalue weighted by Crippen LogP contribution is 2.21. The van der Waals surface area contributed by atoms with Gasteiger partial charge in [-0.3, -0.25) is 4.79 Å². The normalized spacial score (nSPS) is 21.2. The molecule has 4 heteroatoms. The Morgan fingerprint density at radius 3 is 2.35 bits per heavy atom. The van der Waals surface area contributed by atoms with Gasteiger partial charge in [-0.05, 0) is 40.5 Å². The van der Waals surface area contributed by atoms with Crippen LogP contribution in [0.5, 0.6) is 0 Å². The highest BCUT2D eigenvalue weighted by atomic mass is 16.6. The second-order valence-electron chi connectivity index (χ2n) is 6.18. The molecule has 0 atom stereocenters. The minimum absolute atomic E-state index is 0.144. The van der Waals surface area contributed by atoms with E-state index < -0.39 is 11.2 Å². The van der Waals surface area contributed by atoms with Crippen LogP contribution in [0.3, 0.4) is 0 Å². The highest BCUT2D eigenvalue weighted by Gasteiger charge is 2.27. The first-order valence-electron chi connectivity index (χ1n) is 6.35. The van der Waals surface area contributed by atoms with Crippen LogP contribution in [-0.4, -0.2) is 46.8 Å². The molecule has 1 saturated heterocycles. The third-order valence-electron chi connectivity index (χ3n) is 2.99. The van der Waals surface area contributed by atoms with Crippen molar-refractivity contribution in [3.8, 4) is 0 Å². The third kappa shape index (κ3) is 6.03. The minimum Gasteiger partial charge on any atom is -0.460 e. The zero-order chi connectivity index (χ0) is 13.1. The second kappa shape index (κ2) is 5.36. The van der Waals surface area contributed by atoms with Gasteiger partial charge in [-0.15, -0.1) is 0 Å². The van der Waals surface area contributed by atoms with Crippen molar-refractivity contribution in [2.24, 2.45) is 0 Å². The van der Waals surface area contributed by atoms with Gasteiger partial charge in [-0.2, -0.15) is 0 Å². The predicted octanol–water partition coefficient (Wildman–Crippen LogP) is 1.56. The van der Waals surface area contributed by atoms with E-state index in [1.165, 1.54) is 0 Å². The Bertz CT molecular complexity index is 258. The summed E-state index contributed by atoms with van der Waals surface area (Å²) in [6.45, 7) is 9.95. The fourth-order valence-electron chi connectivity index (χ4n) is 1.90. The summed E-state index contributed by atoms with van der Waals surface area (Å²) < 4.78 is 5.25. The Balaban J connectivity index is 2.22. The Kier molecular flexibility index (Phi) is 4.55. The summed E-state index contributed by atoms with van der Waals surface area (Å²) in [5, 5.41) is 9.80. The number of esters is 1. The minimum atomic E-state index is -0.525. The molecule has 1 rings (SSSR count). The Hall–Kier alpha value is -0.610. The summed E-state index contributed by atoms with van der Waals surface area (Å²) in [5.74, 6) is -0.144. The SMILES string of the molecule is CC1(O)CCN(CCC(=O)OC(C)(C)C)CC1.